The van der Waals surface area contributed by atoms with E-state index in [9.17, 15) is 0 Å². The van der Waals surface area contributed by atoms with E-state index in [2.05, 4.69) is 23.9 Å². The minimum Gasteiger partial charge on any atom is -0.308 e. The van der Waals surface area contributed by atoms with Crippen molar-refractivity contribution in [2.75, 3.05) is 27.2 Å². The summed E-state index contributed by atoms with van der Waals surface area (Å²) in [5, 5.41) is 1.92. The molecule has 0 bridgehead atoms. The van der Waals surface area contributed by atoms with Gasteiger partial charge in [-0.05, 0) is 31.3 Å². The van der Waals surface area contributed by atoms with Crippen LogP contribution in [0.3, 0.4) is 0 Å². The summed E-state index contributed by atoms with van der Waals surface area (Å²) < 4.78 is 0. The molecule has 1 aliphatic rings. The zero-order valence-corrected chi connectivity index (χ0v) is 12.2. The lowest BCUT2D eigenvalue weighted by Gasteiger charge is -2.17. The summed E-state index contributed by atoms with van der Waals surface area (Å²) in [5.41, 5.74) is 2.21. The predicted octanol–water partition coefficient (Wildman–Crippen LogP) is 3.52. The Balaban J connectivity index is 2.16. The molecule has 2 nitrogen and oxygen atoms in total. The summed E-state index contributed by atoms with van der Waals surface area (Å²) in [5.74, 6) is 0. The standard InChI is InChI=1S/C12H15Cl3N2/c1-16(2)3-4-17-6-8-9(7-17)12(15)11(14)5-10(8)13/h5H,3-4,6-7H2,1-2H3. The third-order valence-electron chi connectivity index (χ3n) is 3.01. The van der Waals surface area contributed by atoms with Crippen LogP contribution in [0.25, 0.3) is 0 Å². The van der Waals surface area contributed by atoms with Crippen molar-refractivity contribution < 1.29 is 0 Å². The molecular weight excluding hydrogens is 279 g/mol. The van der Waals surface area contributed by atoms with E-state index in [1.54, 1.807) is 6.07 Å². The van der Waals surface area contributed by atoms with Crippen LogP contribution in [0.5, 0.6) is 0 Å². The molecule has 1 aliphatic heterocycles. The molecule has 94 valence electrons. The molecule has 0 atom stereocenters. The fourth-order valence-corrected chi connectivity index (χ4v) is 2.81. The van der Waals surface area contributed by atoms with Crippen molar-refractivity contribution >= 4 is 34.8 Å². The van der Waals surface area contributed by atoms with Crippen LogP contribution in [0.1, 0.15) is 11.1 Å². The van der Waals surface area contributed by atoms with E-state index < -0.39 is 0 Å². The van der Waals surface area contributed by atoms with Crippen molar-refractivity contribution in [1.82, 2.24) is 9.80 Å². The van der Waals surface area contributed by atoms with Crippen LogP contribution in [-0.4, -0.2) is 37.0 Å². The average molecular weight is 294 g/mol. The van der Waals surface area contributed by atoms with Crippen LogP contribution in [0.4, 0.5) is 0 Å². The maximum Gasteiger partial charge on any atom is 0.0641 e. The van der Waals surface area contributed by atoms with Crippen LogP contribution >= 0.6 is 34.8 Å². The molecule has 0 aromatic heterocycles. The molecule has 0 radical (unpaired) electrons. The number of halogens is 3. The second-order valence-corrected chi connectivity index (χ2v) is 5.82. The third-order valence-corrected chi connectivity index (χ3v) is 4.17. The quantitative estimate of drug-likeness (QED) is 0.787. The Kier molecular flexibility index (Phi) is 4.22. The van der Waals surface area contributed by atoms with Gasteiger partial charge in [0.1, 0.15) is 0 Å². The molecule has 0 unspecified atom stereocenters. The van der Waals surface area contributed by atoms with E-state index in [-0.39, 0.29) is 0 Å². The first kappa shape index (κ1) is 13.4. The van der Waals surface area contributed by atoms with Crippen molar-refractivity contribution in [2.24, 2.45) is 0 Å². The van der Waals surface area contributed by atoms with Gasteiger partial charge in [0, 0.05) is 31.2 Å². The Bertz CT molecular complexity index is 432. The molecule has 2 rings (SSSR count). The molecule has 0 spiro atoms. The maximum absolute atomic E-state index is 6.21. The van der Waals surface area contributed by atoms with E-state index in [0.29, 0.717) is 10.0 Å². The second-order valence-electron chi connectivity index (χ2n) is 4.63. The number of hydrogen-bond acceptors (Lipinski definition) is 2. The molecule has 0 fully saturated rings. The van der Waals surface area contributed by atoms with E-state index in [1.165, 1.54) is 0 Å². The van der Waals surface area contributed by atoms with Gasteiger partial charge in [-0.1, -0.05) is 34.8 Å². The van der Waals surface area contributed by atoms with Gasteiger partial charge in [-0.25, -0.2) is 0 Å². The van der Waals surface area contributed by atoms with Crippen molar-refractivity contribution in [3.63, 3.8) is 0 Å². The normalized spacial score (nSPS) is 15.6. The first-order valence-electron chi connectivity index (χ1n) is 5.51. The van der Waals surface area contributed by atoms with Gasteiger partial charge in [-0.2, -0.15) is 0 Å². The van der Waals surface area contributed by atoms with Gasteiger partial charge in [0.05, 0.1) is 10.0 Å². The molecule has 0 amide bonds. The molecule has 0 saturated carbocycles. The Morgan fingerprint density at radius 2 is 1.76 bits per heavy atom. The average Bonchev–Trinajstić information content (AvgIpc) is 2.68. The SMILES string of the molecule is CN(C)CCN1Cc2c(Cl)cc(Cl)c(Cl)c2C1. The maximum atomic E-state index is 6.21. The lowest BCUT2D eigenvalue weighted by atomic mass is 10.1. The van der Waals surface area contributed by atoms with Crippen LogP contribution in [0.15, 0.2) is 6.07 Å². The Labute approximate surface area is 117 Å². The lowest BCUT2D eigenvalue weighted by molar-refractivity contribution is 0.246. The summed E-state index contributed by atoms with van der Waals surface area (Å²) in [7, 11) is 4.14. The van der Waals surface area contributed by atoms with Gasteiger partial charge in [0.2, 0.25) is 0 Å². The topological polar surface area (TPSA) is 6.48 Å². The van der Waals surface area contributed by atoms with Gasteiger partial charge in [-0.3, -0.25) is 4.90 Å². The number of benzene rings is 1. The van der Waals surface area contributed by atoms with E-state index in [4.69, 9.17) is 34.8 Å². The highest BCUT2D eigenvalue weighted by Gasteiger charge is 2.25. The van der Waals surface area contributed by atoms with E-state index >= 15 is 0 Å². The highest BCUT2D eigenvalue weighted by molar-refractivity contribution is 6.44. The smallest absolute Gasteiger partial charge is 0.0641 e. The monoisotopic (exact) mass is 292 g/mol. The summed E-state index contributed by atoms with van der Waals surface area (Å²) in [4.78, 5) is 4.50. The van der Waals surface area contributed by atoms with Crippen molar-refractivity contribution in [3.05, 3.63) is 32.3 Å². The summed E-state index contributed by atoms with van der Waals surface area (Å²) in [6.07, 6.45) is 0. The van der Waals surface area contributed by atoms with Crippen molar-refractivity contribution in [1.29, 1.82) is 0 Å². The highest BCUT2D eigenvalue weighted by atomic mass is 35.5. The van der Waals surface area contributed by atoms with Crippen molar-refractivity contribution in [2.45, 2.75) is 13.1 Å². The summed E-state index contributed by atoms with van der Waals surface area (Å²) in [6.45, 7) is 3.73. The number of rotatable bonds is 3. The largest absolute Gasteiger partial charge is 0.308 e. The molecule has 1 heterocycles. The fraction of sp³-hybridized carbons (Fsp3) is 0.500. The molecular formula is C12H15Cl3N2. The fourth-order valence-electron chi connectivity index (χ4n) is 2.02. The Hall–Kier alpha value is 0.01000. The van der Waals surface area contributed by atoms with Gasteiger partial charge in [0.15, 0.2) is 0 Å². The molecule has 0 saturated heterocycles. The van der Waals surface area contributed by atoms with Gasteiger partial charge in [0.25, 0.3) is 0 Å². The molecule has 1 aromatic rings. The van der Waals surface area contributed by atoms with Crippen LogP contribution in [0.2, 0.25) is 15.1 Å². The minimum absolute atomic E-state index is 0.546. The zero-order valence-electron chi connectivity index (χ0n) is 9.93. The Morgan fingerprint density at radius 1 is 1.12 bits per heavy atom. The summed E-state index contributed by atoms with van der Waals surface area (Å²) in [6, 6.07) is 1.74. The molecule has 1 aromatic carbocycles. The van der Waals surface area contributed by atoms with Crippen LogP contribution < -0.4 is 0 Å². The number of likely N-dealkylation sites (N-methyl/N-ethyl adjacent to an activating group) is 1. The van der Waals surface area contributed by atoms with Gasteiger partial charge >= 0.3 is 0 Å². The molecule has 5 heteroatoms. The number of nitrogens with zero attached hydrogens (tertiary/aromatic N) is 2. The van der Waals surface area contributed by atoms with Crippen LogP contribution in [0, 0.1) is 0 Å². The van der Waals surface area contributed by atoms with Crippen LogP contribution in [-0.2, 0) is 13.1 Å². The third kappa shape index (κ3) is 2.88. The minimum atomic E-state index is 0.546. The number of fused-ring (bicyclic) bond motifs is 1. The number of hydrogen-bond donors (Lipinski definition) is 0. The highest BCUT2D eigenvalue weighted by Crippen LogP contribution is 2.38. The second kappa shape index (κ2) is 5.33. The van der Waals surface area contributed by atoms with Crippen molar-refractivity contribution in [3.8, 4) is 0 Å². The first-order chi connectivity index (χ1) is 7.99. The van der Waals surface area contributed by atoms with E-state index in [0.717, 1.165) is 42.3 Å². The zero-order chi connectivity index (χ0) is 12.6. The molecule has 17 heavy (non-hydrogen) atoms. The molecule has 0 aliphatic carbocycles. The lowest BCUT2D eigenvalue weighted by Crippen LogP contribution is -2.27. The Morgan fingerprint density at radius 3 is 2.41 bits per heavy atom. The van der Waals surface area contributed by atoms with Gasteiger partial charge < -0.3 is 4.90 Å². The van der Waals surface area contributed by atoms with Gasteiger partial charge in [-0.15, -0.1) is 0 Å². The first-order valence-corrected chi connectivity index (χ1v) is 6.64. The predicted molar refractivity (Wildman–Crippen MR) is 74.1 cm³/mol. The summed E-state index contributed by atoms with van der Waals surface area (Å²) >= 11 is 18.4. The molecule has 0 N–H and O–H groups in total. The van der Waals surface area contributed by atoms with E-state index in [1.807, 2.05) is 0 Å².